The lowest BCUT2D eigenvalue weighted by Gasteiger charge is -2.12. The van der Waals surface area contributed by atoms with E-state index in [9.17, 15) is 0 Å². The predicted octanol–water partition coefficient (Wildman–Crippen LogP) is 2.48. The van der Waals surface area contributed by atoms with Gasteiger partial charge in [-0.15, -0.1) is 34.2 Å². The molecule has 2 aromatic rings. The van der Waals surface area contributed by atoms with Gasteiger partial charge < -0.3 is 15.2 Å². The minimum atomic E-state index is 0. The summed E-state index contributed by atoms with van der Waals surface area (Å²) in [5, 5.41) is 15.3. The Hall–Kier alpha value is -1.35. The van der Waals surface area contributed by atoms with E-state index in [2.05, 4.69) is 38.8 Å². The third kappa shape index (κ3) is 6.34. The number of aliphatic imine (C=N–C) groups is 1. The average Bonchev–Trinajstić information content (AvgIpc) is 2.98. The Labute approximate surface area is 158 Å². The van der Waals surface area contributed by atoms with Crippen LogP contribution in [0.1, 0.15) is 18.3 Å². The molecule has 0 saturated carbocycles. The van der Waals surface area contributed by atoms with Crippen molar-refractivity contribution in [3.8, 4) is 0 Å². The standard InChI is InChI=1S/C15H21ClN6.HI/c1-3-22-11-20-21-14(22)10-19-15(17-2)18-8-7-12-5-4-6-13(16)9-12;/h4-6,9,11H,3,7-8,10H2,1-2H3,(H2,17,18,19);1H. The van der Waals surface area contributed by atoms with Crippen LogP contribution in [-0.2, 0) is 19.5 Å². The van der Waals surface area contributed by atoms with E-state index in [0.717, 1.165) is 36.3 Å². The Morgan fingerprint density at radius 3 is 2.87 bits per heavy atom. The molecular weight excluding hydrogens is 427 g/mol. The van der Waals surface area contributed by atoms with E-state index in [1.807, 2.05) is 22.8 Å². The van der Waals surface area contributed by atoms with E-state index in [-0.39, 0.29) is 24.0 Å². The number of rotatable bonds is 6. The van der Waals surface area contributed by atoms with Crippen LogP contribution in [0.2, 0.25) is 5.02 Å². The van der Waals surface area contributed by atoms with Gasteiger partial charge in [0.15, 0.2) is 11.8 Å². The number of halogens is 2. The predicted molar refractivity (Wildman–Crippen MR) is 104 cm³/mol. The van der Waals surface area contributed by atoms with E-state index in [1.54, 1.807) is 13.4 Å². The normalized spacial score (nSPS) is 11.0. The molecule has 0 bridgehead atoms. The van der Waals surface area contributed by atoms with Crippen molar-refractivity contribution < 1.29 is 0 Å². The Balaban J connectivity index is 0.00000264. The van der Waals surface area contributed by atoms with Gasteiger partial charge in [-0.2, -0.15) is 0 Å². The first-order chi connectivity index (χ1) is 10.7. The fraction of sp³-hybridized carbons (Fsp3) is 0.400. The molecule has 23 heavy (non-hydrogen) atoms. The average molecular weight is 449 g/mol. The monoisotopic (exact) mass is 448 g/mol. The number of hydrogen-bond donors (Lipinski definition) is 2. The van der Waals surface area contributed by atoms with Gasteiger partial charge in [-0.1, -0.05) is 23.7 Å². The van der Waals surface area contributed by atoms with Crippen molar-refractivity contribution in [3.05, 3.63) is 47.0 Å². The molecular formula is C15H22ClIN6. The third-order valence-electron chi connectivity index (χ3n) is 3.27. The van der Waals surface area contributed by atoms with Crippen LogP contribution in [0.5, 0.6) is 0 Å². The van der Waals surface area contributed by atoms with Gasteiger partial charge in [0.2, 0.25) is 0 Å². The van der Waals surface area contributed by atoms with Crippen molar-refractivity contribution in [2.24, 2.45) is 4.99 Å². The van der Waals surface area contributed by atoms with Crippen LogP contribution in [0.3, 0.4) is 0 Å². The summed E-state index contributed by atoms with van der Waals surface area (Å²) in [4.78, 5) is 4.20. The first-order valence-corrected chi connectivity index (χ1v) is 7.66. The molecule has 0 aliphatic rings. The van der Waals surface area contributed by atoms with Crippen LogP contribution in [0.4, 0.5) is 0 Å². The molecule has 0 fully saturated rings. The number of benzene rings is 1. The van der Waals surface area contributed by atoms with Gasteiger partial charge in [-0.25, -0.2) is 0 Å². The van der Waals surface area contributed by atoms with E-state index >= 15 is 0 Å². The maximum absolute atomic E-state index is 5.98. The van der Waals surface area contributed by atoms with E-state index in [0.29, 0.717) is 6.54 Å². The van der Waals surface area contributed by atoms with Gasteiger partial charge in [0.05, 0.1) is 6.54 Å². The molecule has 0 spiro atoms. The minimum absolute atomic E-state index is 0. The van der Waals surface area contributed by atoms with Crippen molar-refractivity contribution in [3.63, 3.8) is 0 Å². The summed E-state index contributed by atoms with van der Waals surface area (Å²) in [7, 11) is 1.75. The molecule has 0 atom stereocenters. The van der Waals surface area contributed by atoms with Crippen LogP contribution in [0, 0.1) is 0 Å². The van der Waals surface area contributed by atoms with Gasteiger partial charge in [0.25, 0.3) is 0 Å². The fourth-order valence-electron chi connectivity index (χ4n) is 2.08. The summed E-state index contributed by atoms with van der Waals surface area (Å²) >= 11 is 5.98. The second-order valence-corrected chi connectivity index (χ2v) is 5.20. The summed E-state index contributed by atoms with van der Waals surface area (Å²) in [6, 6.07) is 7.88. The SMILES string of the molecule is CCn1cnnc1CNC(=NC)NCCc1cccc(Cl)c1.I. The second-order valence-electron chi connectivity index (χ2n) is 4.77. The summed E-state index contributed by atoms with van der Waals surface area (Å²) in [6.45, 7) is 4.28. The molecule has 1 aromatic carbocycles. The topological polar surface area (TPSA) is 67.1 Å². The van der Waals surface area contributed by atoms with Crippen LogP contribution < -0.4 is 10.6 Å². The van der Waals surface area contributed by atoms with Gasteiger partial charge in [0.1, 0.15) is 6.33 Å². The molecule has 0 saturated heterocycles. The smallest absolute Gasteiger partial charge is 0.191 e. The quantitative estimate of drug-likeness (QED) is 0.405. The van der Waals surface area contributed by atoms with Gasteiger partial charge >= 0.3 is 0 Å². The highest BCUT2D eigenvalue weighted by atomic mass is 127. The zero-order valence-electron chi connectivity index (χ0n) is 13.3. The minimum Gasteiger partial charge on any atom is -0.356 e. The summed E-state index contributed by atoms with van der Waals surface area (Å²) in [5.74, 6) is 1.63. The van der Waals surface area contributed by atoms with Crippen LogP contribution in [-0.4, -0.2) is 34.3 Å². The maximum Gasteiger partial charge on any atom is 0.191 e. The Morgan fingerprint density at radius 1 is 1.35 bits per heavy atom. The molecule has 6 nitrogen and oxygen atoms in total. The van der Waals surface area contributed by atoms with Crippen molar-refractivity contribution in [2.75, 3.05) is 13.6 Å². The summed E-state index contributed by atoms with van der Waals surface area (Å²) < 4.78 is 1.99. The van der Waals surface area contributed by atoms with Crippen LogP contribution in [0.25, 0.3) is 0 Å². The summed E-state index contributed by atoms with van der Waals surface area (Å²) in [5.41, 5.74) is 1.20. The molecule has 2 rings (SSSR count). The van der Waals surface area contributed by atoms with Gasteiger partial charge in [0, 0.05) is 25.2 Å². The number of hydrogen-bond acceptors (Lipinski definition) is 3. The highest BCUT2D eigenvalue weighted by molar-refractivity contribution is 14.0. The van der Waals surface area contributed by atoms with Crippen LogP contribution >= 0.6 is 35.6 Å². The molecule has 0 amide bonds. The van der Waals surface area contributed by atoms with Crippen molar-refractivity contribution in [2.45, 2.75) is 26.4 Å². The molecule has 0 aliphatic heterocycles. The van der Waals surface area contributed by atoms with Crippen LogP contribution in [0.15, 0.2) is 35.6 Å². The molecule has 126 valence electrons. The van der Waals surface area contributed by atoms with Gasteiger partial charge in [-0.3, -0.25) is 4.99 Å². The molecule has 1 aromatic heterocycles. The molecule has 0 radical (unpaired) electrons. The molecule has 0 aliphatic carbocycles. The van der Waals surface area contributed by atoms with E-state index in [4.69, 9.17) is 11.6 Å². The zero-order valence-corrected chi connectivity index (χ0v) is 16.4. The highest BCUT2D eigenvalue weighted by Crippen LogP contribution is 2.10. The Kier molecular flexibility index (Phi) is 8.93. The second kappa shape index (κ2) is 10.4. The number of guanidine groups is 1. The van der Waals surface area contributed by atoms with E-state index in [1.165, 1.54) is 5.56 Å². The molecule has 0 unspecified atom stereocenters. The van der Waals surface area contributed by atoms with Crippen molar-refractivity contribution in [1.82, 2.24) is 25.4 Å². The summed E-state index contributed by atoms with van der Waals surface area (Å²) in [6.07, 6.45) is 2.61. The largest absolute Gasteiger partial charge is 0.356 e. The van der Waals surface area contributed by atoms with Crippen molar-refractivity contribution in [1.29, 1.82) is 0 Å². The lowest BCUT2D eigenvalue weighted by Crippen LogP contribution is -2.38. The highest BCUT2D eigenvalue weighted by Gasteiger charge is 2.04. The molecule has 8 heteroatoms. The number of nitrogens with one attached hydrogen (secondary N) is 2. The number of aryl methyl sites for hydroxylation is 1. The van der Waals surface area contributed by atoms with E-state index < -0.39 is 0 Å². The Morgan fingerprint density at radius 2 is 2.17 bits per heavy atom. The number of nitrogens with zero attached hydrogens (tertiary/aromatic N) is 4. The Bertz CT molecular complexity index is 628. The first kappa shape index (κ1) is 19.7. The zero-order chi connectivity index (χ0) is 15.8. The lowest BCUT2D eigenvalue weighted by molar-refractivity contribution is 0.669. The third-order valence-corrected chi connectivity index (χ3v) is 3.50. The maximum atomic E-state index is 5.98. The molecule has 2 N–H and O–H groups in total. The van der Waals surface area contributed by atoms with Gasteiger partial charge in [-0.05, 0) is 31.0 Å². The van der Waals surface area contributed by atoms with Crippen molar-refractivity contribution >= 4 is 41.5 Å². The fourth-order valence-corrected chi connectivity index (χ4v) is 2.29. The lowest BCUT2D eigenvalue weighted by atomic mass is 10.1. The first-order valence-electron chi connectivity index (χ1n) is 7.28. The molecule has 1 heterocycles. The number of aromatic nitrogens is 3.